The summed E-state index contributed by atoms with van der Waals surface area (Å²) in [5, 5.41) is 11.0. The Bertz CT molecular complexity index is 999. The number of aliphatic imine (C=N–C) groups is 1. The van der Waals surface area contributed by atoms with Crippen LogP contribution in [0.4, 0.5) is 5.69 Å². The van der Waals surface area contributed by atoms with Crippen LogP contribution in [0.5, 0.6) is 11.5 Å². The van der Waals surface area contributed by atoms with Gasteiger partial charge in [-0.2, -0.15) is 0 Å². The van der Waals surface area contributed by atoms with E-state index in [1.807, 2.05) is 6.07 Å². The average Bonchev–Trinajstić information content (AvgIpc) is 3.04. The first-order valence-electron chi connectivity index (χ1n) is 8.79. The van der Waals surface area contributed by atoms with E-state index in [1.165, 1.54) is 7.11 Å². The Morgan fingerprint density at radius 3 is 2.72 bits per heavy atom. The van der Waals surface area contributed by atoms with Crippen molar-refractivity contribution >= 4 is 34.5 Å². The van der Waals surface area contributed by atoms with Crippen molar-refractivity contribution in [1.29, 1.82) is 0 Å². The van der Waals surface area contributed by atoms with Gasteiger partial charge in [0.05, 0.1) is 31.4 Å². The summed E-state index contributed by atoms with van der Waals surface area (Å²) in [6.07, 6.45) is 3.34. The Balaban J connectivity index is 2.07. The Morgan fingerprint density at radius 1 is 1.24 bits per heavy atom. The van der Waals surface area contributed by atoms with Crippen LogP contribution in [-0.4, -0.2) is 41.9 Å². The number of aliphatic hydroxyl groups is 1. The molecule has 8 heteroatoms. The van der Waals surface area contributed by atoms with Gasteiger partial charge < -0.3 is 19.3 Å². The molecule has 0 amide bonds. The van der Waals surface area contributed by atoms with Crippen LogP contribution in [0.15, 0.2) is 63.8 Å². The largest absolute Gasteiger partial charge is 0.506 e. The average molecular weight is 412 g/mol. The first-order chi connectivity index (χ1) is 14.1. The lowest BCUT2D eigenvalue weighted by atomic mass is 10.2. The quantitative estimate of drug-likeness (QED) is 0.708. The Labute approximate surface area is 172 Å². The summed E-state index contributed by atoms with van der Waals surface area (Å²) in [4.78, 5) is 21.7. The summed E-state index contributed by atoms with van der Waals surface area (Å²) < 4.78 is 15.7. The van der Waals surface area contributed by atoms with Gasteiger partial charge in [0, 0.05) is 12.3 Å². The second kappa shape index (κ2) is 9.29. The highest BCUT2D eigenvalue weighted by Gasteiger charge is 2.33. The van der Waals surface area contributed by atoms with Crippen LogP contribution in [0.25, 0.3) is 6.08 Å². The highest BCUT2D eigenvalue weighted by Crippen LogP contribution is 2.41. The molecule has 2 aromatic rings. The molecule has 0 bridgehead atoms. The number of carbonyl (C=O) groups is 1. The predicted molar refractivity (Wildman–Crippen MR) is 113 cm³/mol. The molecule has 3 rings (SSSR count). The second-order valence-corrected chi connectivity index (χ2v) is 6.79. The van der Waals surface area contributed by atoms with E-state index in [1.54, 1.807) is 56.6 Å². The number of esters is 1. The zero-order chi connectivity index (χ0) is 20.8. The van der Waals surface area contributed by atoms with E-state index >= 15 is 0 Å². The van der Waals surface area contributed by atoms with Gasteiger partial charge in [-0.15, -0.1) is 0 Å². The number of methoxy groups -OCH3 is 2. The van der Waals surface area contributed by atoms with Gasteiger partial charge in [-0.25, -0.2) is 9.79 Å². The molecule has 0 fully saturated rings. The fourth-order valence-corrected chi connectivity index (χ4v) is 3.59. The summed E-state index contributed by atoms with van der Waals surface area (Å²) in [6.45, 7) is 1.88. The predicted octanol–water partition coefficient (Wildman–Crippen LogP) is 4.29. The summed E-state index contributed by atoms with van der Waals surface area (Å²) in [5.74, 6) is 0.255. The first-order valence-corrected chi connectivity index (χ1v) is 9.61. The smallest absolute Gasteiger partial charge is 0.344 e. The van der Waals surface area contributed by atoms with Crippen molar-refractivity contribution in [2.75, 3.05) is 20.8 Å². The van der Waals surface area contributed by atoms with E-state index in [0.29, 0.717) is 32.8 Å². The number of benzene rings is 1. The molecular weight excluding hydrogens is 392 g/mol. The van der Waals surface area contributed by atoms with E-state index in [2.05, 4.69) is 9.98 Å². The summed E-state index contributed by atoms with van der Waals surface area (Å²) in [6, 6.07) is 10.6. The van der Waals surface area contributed by atoms with Gasteiger partial charge in [-0.1, -0.05) is 17.8 Å². The van der Waals surface area contributed by atoms with Gasteiger partial charge in [0.25, 0.3) is 0 Å². The van der Waals surface area contributed by atoms with Crippen LogP contribution < -0.4 is 9.47 Å². The molecule has 1 N–H and O–H groups in total. The van der Waals surface area contributed by atoms with E-state index in [4.69, 9.17) is 14.2 Å². The van der Waals surface area contributed by atoms with Crippen molar-refractivity contribution in [3.05, 3.63) is 64.5 Å². The van der Waals surface area contributed by atoms with Crippen LogP contribution in [0.2, 0.25) is 0 Å². The van der Waals surface area contributed by atoms with Gasteiger partial charge in [0.15, 0.2) is 0 Å². The van der Waals surface area contributed by atoms with Crippen molar-refractivity contribution in [2.24, 2.45) is 4.99 Å². The van der Waals surface area contributed by atoms with E-state index < -0.39 is 5.97 Å². The normalized spacial score (nSPS) is 16.4. The van der Waals surface area contributed by atoms with Crippen LogP contribution in [0.1, 0.15) is 12.6 Å². The molecule has 1 aromatic heterocycles. The maximum atomic E-state index is 12.5. The first kappa shape index (κ1) is 20.5. The molecule has 0 unspecified atom stereocenters. The van der Waals surface area contributed by atoms with Crippen LogP contribution in [0.3, 0.4) is 0 Å². The van der Waals surface area contributed by atoms with Gasteiger partial charge in [-0.3, -0.25) is 4.98 Å². The molecule has 29 heavy (non-hydrogen) atoms. The molecule has 0 atom stereocenters. The minimum absolute atomic E-state index is 0.0110. The maximum absolute atomic E-state index is 12.5. The highest BCUT2D eigenvalue weighted by atomic mass is 32.2. The molecule has 0 aliphatic carbocycles. The number of aliphatic hydroxyl groups excluding tert-OH is 1. The molecular formula is C21H20N2O5S. The third-order valence-corrected chi connectivity index (χ3v) is 4.97. The van der Waals surface area contributed by atoms with Crippen molar-refractivity contribution in [3.8, 4) is 11.5 Å². The lowest BCUT2D eigenvalue weighted by molar-refractivity contribution is -0.138. The van der Waals surface area contributed by atoms with Crippen molar-refractivity contribution in [3.63, 3.8) is 0 Å². The van der Waals surface area contributed by atoms with Crippen LogP contribution in [-0.2, 0) is 9.53 Å². The minimum Gasteiger partial charge on any atom is -0.506 e. The monoisotopic (exact) mass is 412 g/mol. The molecule has 2 heterocycles. The molecule has 150 valence electrons. The van der Waals surface area contributed by atoms with Crippen molar-refractivity contribution in [2.45, 2.75) is 6.92 Å². The molecule has 0 spiro atoms. The van der Waals surface area contributed by atoms with Gasteiger partial charge in [0.2, 0.25) is 0 Å². The number of rotatable bonds is 6. The summed E-state index contributed by atoms with van der Waals surface area (Å²) >= 11 is 1.16. The van der Waals surface area contributed by atoms with Gasteiger partial charge in [-0.05, 0) is 37.3 Å². The Kier molecular flexibility index (Phi) is 6.56. The van der Waals surface area contributed by atoms with E-state index in [9.17, 15) is 9.90 Å². The van der Waals surface area contributed by atoms with Gasteiger partial charge in [0.1, 0.15) is 33.6 Å². The molecule has 1 aliphatic rings. The number of thioether (sulfide) groups is 1. The highest BCUT2D eigenvalue weighted by molar-refractivity contribution is 8.18. The van der Waals surface area contributed by atoms with Crippen molar-refractivity contribution < 1.29 is 24.1 Å². The van der Waals surface area contributed by atoms with Crippen LogP contribution in [0, 0.1) is 0 Å². The zero-order valence-corrected chi connectivity index (χ0v) is 17.0. The fraction of sp³-hybridized carbons (Fsp3) is 0.190. The van der Waals surface area contributed by atoms with Crippen LogP contribution >= 0.6 is 11.8 Å². The summed E-state index contributed by atoms with van der Waals surface area (Å²) in [5.41, 5.74) is 1.15. The Hall–Kier alpha value is -3.26. The number of carbonyl (C=O) groups excluding carboxylic acids is 1. The molecule has 0 saturated heterocycles. The lowest BCUT2D eigenvalue weighted by Crippen LogP contribution is -2.12. The number of ether oxygens (including phenoxy) is 3. The standard InChI is InChI=1S/C21H20N2O5S/c1-4-28-21(25)18-19(24)17(11-13-7-5-6-10-22-13)29-20(18)23-15-9-8-14(26-2)12-16(15)27-3/h5-12,24H,4H2,1-3H3/b17-11+,23-20?. The molecule has 1 aromatic carbocycles. The van der Waals surface area contributed by atoms with Crippen molar-refractivity contribution in [1.82, 2.24) is 4.98 Å². The fourth-order valence-electron chi connectivity index (χ4n) is 2.57. The minimum atomic E-state index is -0.645. The maximum Gasteiger partial charge on any atom is 0.344 e. The molecule has 1 aliphatic heterocycles. The number of hydrogen-bond acceptors (Lipinski definition) is 8. The number of nitrogens with zero attached hydrogens (tertiary/aromatic N) is 2. The zero-order valence-electron chi connectivity index (χ0n) is 16.2. The third-order valence-electron chi connectivity index (χ3n) is 3.95. The lowest BCUT2D eigenvalue weighted by Gasteiger charge is -2.08. The van der Waals surface area contributed by atoms with E-state index in [0.717, 1.165) is 11.8 Å². The SMILES string of the molecule is CCOC(=O)C1=C(O)/C(=C\c2ccccn2)SC1=Nc1ccc(OC)cc1OC. The molecule has 7 nitrogen and oxygen atoms in total. The summed E-state index contributed by atoms with van der Waals surface area (Å²) in [7, 11) is 3.08. The molecule has 0 saturated carbocycles. The number of aromatic nitrogens is 1. The number of hydrogen-bond donors (Lipinski definition) is 1. The number of pyridine rings is 1. The Morgan fingerprint density at radius 2 is 2.07 bits per heavy atom. The van der Waals surface area contributed by atoms with E-state index in [-0.39, 0.29) is 17.9 Å². The third kappa shape index (κ3) is 4.60. The second-order valence-electron chi connectivity index (χ2n) is 5.76. The molecule has 0 radical (unpaired) electrons. The van der Waals surface area contributed by atoms with Gasteiger partial charge >= 0.3 is 5.97 Å². The topological polar surface area (TPSA) is 90.2 Å².